The van der Waals surface area contributed by atoms with Crippen LogP contribution in [0.1, 0.15) is 5.56 Å². The van der Waals surface area contributed by atoms with Crippen LogP contribution >= 0.6 is 7.92 Å². The van der Waals surface area contributed by atoms with Crippen molar-refractivity contribution in [3.05, 3.63) is 151 Å². The van der Waals surface area contributed by atoms with Crippen LogP contribution in [-0.4, -0.2) is 0 Å². The highest BCUT2D eigenvalue weighted by Gasteiger charge is 2.21. The Kier molecular flexibility index (Phi) is 6.61. The Morgan fingerprint density at radius 1 is 0.424 bits per heavy atom. The molecule has 5 aromatic rings. The first kappa shape index (κ1) is 21.2. The van der Waals surface area contributed by atoms with Crippen molar-refractivity contribution in [2.75, 3.05) is 4.90 Å². The third-order valence-electron chi connectivity index (χ3n) is 5.73. The van der Waals surface area contributed by atoms with Crippen molar-refractivity contribution in [2.24, 2.45) is 0 Å². The standard InChI is InChI=1S/C31H26NP/c1-5-16-27(17-6-1)32(28-18-7-2-8-19-28)25-26-15-13-14-24-31(26)33(29-20-9-3-10-21-29)30-22-11-4-12-23-30/h1-24H,25H2. The van der Waals surface area contributed by atoms with Crippen molar-refractivity contribution < 1.29 is 0 Å². The molecule has 0 spiro atoms. The minimum atomic E-state index is -0.662. The Balaban J connectivity index is 1.61. The lowest BCUT2D eigenvalue weighted by molar-refractivity contribution is 0.982. The summed E-state index contributed by atoms with van der Waals surface area (Å²) in [5.41, 5.74) is 3.74. The fourth-order valence-corrected chi connectivity index (χ4v) is 6.62. The Morgan fingerprint density at radius 3 is 1.30 bits per heavy atom. The fraction of sp³-hybridized carbons (Fsp3) is 0.0323. The number of hydrogen-bond acceptors (Lipinski definition) is 1. The molecule has 0 bridgehead atoms. The lowest BCUT2D eigenvalue weighted by Crippen LogP contribution is -2.26. The summed E-state index contributed by atoms with van der Waals surface area (Å²) in [5, 5.41) is 4.15. The third kappa shape index (κ3) is 4.90. The van der Waals surface area contributed by atoms with E-state index in [0.29, 0.717) is 0 Å². The molecule has 0 heterocycles. The highest BCUT2D eigenvalue weighted by atomic mass is 31.1. The quantitative estimate of drug-likeness (QED) is 0.251. The normalized spacial score (nSPS) is 10.8. The molecule has 5 rings (SSSR count). The zero-order valence-corrected chi connectivity index (χ0v) is 19.4. The second kappa shape index (κ2) is 10.3. The van der Waals surface area contributed by atoms with Gasteiger partial charge in [0.15, 0.2) is 0 Å². The molecule has 0 radical (unpaired) electrons. The number of benzene rings is 5. The van der Waals surface area contributed by atoms with E-state index in [4.69, 9.17) is 0 Å². The maximum absolute atomic E-state index is 2.41. The van der Waals surface area contributed by atoms with Crippen LogP contribution in [0.2, 0.25) is 0 Å². The Bertz CT molecular complexity index is 1190. The van der Waals surface area contributed by atoms with Gasteiger partial charge in [0, 0.05) is 17.9 Å². The predicted molar refractivity (Wildman–Crippen MR) is 144 cm³/mol. The van der Waals surface area contributed by atoms with Gasteiger partial charge in [-0.2, -0.15) is 0 Å². The van der Waals surface area contributed by atoms with E-state index in [1.807, 2.05) is 0 Å². The summed E-state index contributed by atoms with van der Waals surface area (Å²) < 4.78 is 0. The van der Waals surface area contributed by atoms with Crippen LogP contribution in [0.15, 0.2) is 146 Å². The average Bonchev–Trinajstić information content (AvgIpc) is 2.90. The first-order chi connectivity index (χ1) is 16.4. The van der Waals surface area contributed by atoms with Crippen LogP contribution in [0.25, 0.3) is 0 Å². The summed E-state index contributed by atoms with van der Waals surface area (Å²) in [6.45, 7) is 0.808. The van der Waals surface area contributed by atoms with Crippen LogP contribution in [-0.2, 0) is 6.54 Å². The molecule has 0 N–H and O–H groups in total. The first-order valence-electron chi connectivity index (χ1n) is 11.3. The Labute approximate surface area is 197 Å². The smallest absolute Gasteiger partial charge is 0.0488 e. The Morgan fingerprint density at radius 2 is 0.818 bits per heavy atom. The van der Waals surface area contributed by atoms with Crippen molar-refractivity contribution in [1.82, 2.24) is 0 Å². The van der Waals surface area contributed by atoms with E-state index in [1.54, 1.807) is 0 Å². The van der Waals surface area contributed by atoms with Gasteiger partial charge in [0.25, 0.3) is 0 Å². The summed E-state index contributed by atoms with van der Waals surface area (Å²) in [6.07, 6.45) is 0. The van der Waals surface area contributed by atoms with Gasteiger partial charge in [0.2, 0.25) is 0 Å². The molecule has 0 atom stereocenters. The molecule has 2 heteroatoms. The minimum Gasteiger partial charge on any atom is -0.337 e. The molecule has 33 heavy (non-hydrogen) atoms. The van der Waals surface area contributed by atoms with Crippen molar-refractivity contribution in [3.63, 3.8) is 0 Å². The SMILES string of the molecule is c1ccc(N(Cc2ccccc2P(c2ccccc2)c2ccccc2)c2ccccc2)cc1. The van der Waals surface area contributed by atoms with Crippen LogP contribution in [0.4, 0.5) is 11.4 Å². The minimum absolute atomic E-state index is 0.662. The van der Waals surface area contributed by atoms with Crippen LogP contribution in [0.3, 0.4) is 0 Å². The molecular formula is C31H26NP. The van der Waals surface area contributed by atoms with Crippen molar-refractivity contribution in [3.8, 4) is 0 Å². The lowest BCUT2D eigenvalue weighted by Gasteiger charge is -2.28. The van der Waals surface area contributed by atoms with Crippen molar-refractivity contribution in [1.29, 1.82) is 0 Å². The van der Waals surface area contributed by atoms with E-state index >= 15 is 0 Å². The van der Waals surface area contributed by atoms with Gasteiger partial charge >= 0.3 is 0 Å². The van der Waals surface area contributed by atoms with E-state index in [0.717, 1.165) is 6.54 Å². The number of rotatable bonds is 7. The average molecular weight is 444 g/mol. The van der Waals surface area contributed by atoms with Crippen LogP contribution in [0, 0.1) is 0 Å². The summed E-state index contributed by atoms with van der Waals surface area (Å²) in [7, 11) is -0.662. The van der Waals surface area contributed by atoms with Gasteiger partial charge in [-0.1, -0.05) is 121 Å². The van der Waals surface area contributed by atoms with Gasteiger partial charge in [0.1, 0.15) is 0 Å². The number of nitrogens with zero attached hydrogens (tertiary/aromatic N) is 1. The maximum Gasteiger partial charge on any atom is 0.0488 e. The number of para-hydroxylation sites is 2. The lowest BCUT2D eigenvalue weighted by atomic mass is 10.1. The Hall–Kier alpha value is -3.67. The second-order valence-electron chi connectivity index (χ2n) is 7.89. The van der Waals surface area contributed by atoms with E-state index in [1.165, 1.54) is 32.9 Å². The summed E-state index contributed by atoms with van der Waals surface area (Å²) >= 11 is 0. The van der Waals surface area contributed by atoms with Gasteiger partial charge in [-0.3, -0.25) is 0 Å². The van der Waals surface area contributed by atoms with Crippen LogP contribution in [0.5, 0.6) is 0 Å². The zero-order valence-electron chi connectivity index (χ0n) is 18.5. The molecule has 5 aromatic carbocycles. The van der Waals surface area contributed by atoms with Gasteiger partial charge in [-0.05, 0) is 53.7 Å². The van der Waals surface area contributed by atoms with Crippen molar-refractivity contribution >= 4 is 35.2 Å². The molecular weight excluding hydrogens is 417 g/mol. The number of hydrogen-bond donors (Lipinski definition) is 0. The number of anilines is 2. The van der Waals surface area contributed by atoms with E-state index in [9.17, 15) is 0 Å². The van der Waals surface area contributed by atoms with Gasteiger partial charge in [-0.15, -0.1) is 0 Å². The van der Waals surface area contributed by atoms with Crippen molar-refractivity contribution in [2.45, 2.75) is 6.54 Å². The molecule has 0 aliphatic rings. The molecule has 0 fully saturated rings. The van der Waals surface area contributed by atoms with E-state index in [2.05, 4.69) is 150 Å². The van der Waals surface area contributed by atoms with Crippen LogP contribution < -0.4 is 20.8 Å². The highest BCUT2D eigenvalue weighted by Crippen LogP contribution is 2.35. The van der Waals surface area contributed by atoms with E-state index < -0.39 is 7.92 Å². The maximum atomic E-state index is 2.41. The molecule has 0 saturated heterocycles. The molecule has 0 unspecified atom stereocenters. The summed E-state index contributed by atoms with van der Waals surface area (Å²) in [4.78, 5) is 2.41. The predicted octanol–water partition coefficient (Wildman–Crippen LogP) is 6.78. The summed E-state index contributed by atoms with van der Waals surface area (Å²) in [5.74, 6) is 0. The fourth-order valence-electron chi connectivity index (χ4n) is 4.16. The van der Waals surface area contributed by atoms with Gasteiger partial charge in [0.05, 0.1) is 0 Å². The first-order valence-corrected chi connectivity index (χ1v) is 12.6. The third-order valence-corrected chi connectivity index (χ3v) is 8.27. The monoisotopic (exact) mass is 443 g/mol. The molecule has 1 nitrogen and oxygen atoms in total. The largest absolute Gasteiger partial charge is 0.337 e. The zero-order chi connectivity index (χ0) is 22.3. The molecule has 0 aromatic heterocycles. The van der Waals surface area contributed by atoms with Gasteiger partial charge < -0.3 is 4.90 Å². The molecule has 0 saturated carbocycles. The molecule has 0 amide bonds. The molecule has 160 valence electrons. The summed E-state index contributed by atoms with van der Waals surface area (Å²) in [6, 6.07) is 52.1. The van der Waals surface area contributed by atoms with E-state index in [-0.39, 0.29) is 0 Å². The van der Waals surface area contributed by atoms with Gasteiger partial charge in [-0.25, -0.2) is 0 Å². The highest BCUT2D eigenvalue weighted by molar-refractivity contribution is 7.79. The molecule has 0 aliphatic heterocycles. The second-order valence-corrected chi connectivity index (χ2v) is 10.1. The molecule has 0 aliphatic carbocycles. The topological polar surface area (TPSA) is 3.24 Å².